The van der Waals surface area contributed by atoms with E-state index in [1.54, 1.807) is 6.20 Å². The van der Waals surface area contributed by atoms with Crippen molar-refractivity contribution in [3.05, 3.63) is 10.7 Å². The van der Waals surface area contributed by atoms with Crippen LogP contribution in [0.25, 0.3) is 0 Å². The maximum Gasteiger partial charge on any atom is 0.233 e. The van der Waals surface area contributed by atoms with Crippen LogP contribution >= 0.6 is 15.9 Å². The second kappa shape index (κ2) is 6.74. The monoisotopic (exact) mass is 341 g/mol. The van der Waals surface area contributed by atoms with Crippen LogP contribution in [0.15, 0.2) is 10.7 Å². The second-order valence-electron chi connectivity index (χ2n) is 6.25. The number of nitrogens with zero attached hydrogens (tertiary/aromatic N) is 2. The molecule has 0 amide bonds. The summed E-state index contributed by atoms with van der Waals surface area (Å²) in [5.41, 5.74) is 0.455. The first kappa shape index (κ1) is 15.5. The zero-order valence-corrected chi connectivity index (χ0v) is 14.2. The Morgan fingerprint density at radius 3 is 2.75 bits per heavy atom. The third-order valence-electron chi connectivity index (χ3n) is 3.81. The van der Waals surface area contributed by atoms with Crippen molar-refractivity contribution in [1.29, 1.82) is 0 Å². The van der Waals surface area contributed by atoms with Gasteiger partial charge in [0.1, 0.15) is 6.10 Å². The minimum atomic E-state index is 0.272. The summed E-state index contributed by atoms with van der Waals surface area (Å²) >= 11 is 3.47. The molecular weight excluding hydrogens is 318 g/mol. The number of ether oxygens (including phenoxy) is 1. The quantitative estimate of drug-likeness (QED) is 0.861. The molecule has 4 nitrogen and oxygen atoms in total. The molecule has 0 spiro atoms. The van der Waals surface area contributed by atoms with E-state index in [0.29, 0.717) is 17.2 Å². The van der Waals surface area contributed by atoms with Gasteiger partial charge < -0.3 is 10.1 Å². The Labute approximate surface area is 129 Å². The molecule has 20 heavy (non-hydrogen) atoms. The van der Waals surface area contributed by atoms with Crippen LogP contribution in [0.2, 0.25) is 0 Å². The molecule has 1 fully saturated rings. The number of hydrogen-bond donors (Lipinski definition) is 1. The van der Waals surface area contributed by atoms with Crippen LogP contribution in [-0.2, 0) is 0 Å². The van der Waals surface area contributed by atoms with E-state index in [2.05, 4.69) is 52.0 Å². The van der Waals surface area contributed by atoms with Crippen LogP contribution in [0.4, 0.5) is 5.95 Å². The number of halogens is 1. The molecule has 1 N–H and O–H groups in total. The van der Waals surface area contributed by atoms with E-state index in [0.717, 1.165) is 30.3 Å². The molecule has 1 saturated carbocycles. The topological polar surface area (TPSA) is 47.0 Å². The van der Waals surface area contributed by atoms with E-state index < -0.39 is 0 Å². The van der Waals surface area contributed by atoms with Crippen molar-refractivity contribution >= 4 is 21.9 Å². The molecule has 0 radical (unpaired) electrons. The maximum absolute atomic E-state index is 6.06. The Morgan fingerprint density at radius 2 is 2.10 bits per heavy atom. The molecule has 0 aromatic carbocycles. The molecule has 0 aliphatic heterocycles. The molecule has 1 aromatic rings. The van der Waals surface area contributed by atoms with Crippen molar-refractivity contribution in [1.82, 2.24) is 9.97 Å². The Kier molecular flexibility index (Phi) is 5.24. The number of aromatic nitrogens is 2. The van der Waals surface area contributed by atoms with Gasteiger partial charge >= 0.3 is 0 Å². The predicted molar refractivity (Wildman–Crippen MR) is 85.2 cm³/mol. The molecule has 2 rings (SSSR count). The lowest BCUT2D eigenvalue weighted by molar-refractivity contribution is 0.0942. The molecule has 0 atom stereocenters. The molecule has 0 unspecified atom stereocenters. The zero-order valence-electron chi connectivity index (χ0n) is 12.6. The molecule has 1 aromatic heterocycles. The largest absolute Gasteiger partial charge is 0.473 e. The van der Waals surface area contributed by atoms with Gasteiger partial charge in [0.2, 0.25) is 11.8 Å². The molecule has 112 valence electrons. The normalized spacial score (nSPS) is 18.8. The first-order valence-electron chi connectivity index (χ1n) is 7.43. The van der Waals surface area contributed by atoms with Crippen LogP contribution < -0.4 is 10.1 Å². The van der Waals surface area contributed by atoms with Crippen LogP contribution in [0.5, 0.6) is 5.88 Å². The van der Waals surface area contributed by atoms with Gasteiger partial charge in [-0.2, -0.15) is 4.98 Å². The number of hydrogen-bond acceptors (Lipinski definition) is 4. The van der Waals surface area contributed by atoms with E-state index >= 15 is 0 Å². The Hall–Kier alpha value is -0.840. The lowest BCUT2D eigenvalue weighted by Gasteiger charge is -2.34. The molecule has 0 bridgehead atoms. The minimum Gasteiger partial charge on any atom is -0.473 e. The molecule has 1 aliphatic rings. The summed E-state index contributed by atoms with van der Waals surface area (Å²) in [7, 11) is 0. The van der Waals surface area contributed by atoms with Crippen LogP contribution in [0, 0.1) is 5.41 Å². The summed E-state index contributed by atoms with van der Waals surface area (Å²) in [4.78, 5) is 8.69. The summed E-state index contributed by atoms with van der Waals surface area (Å²) in [5, 5.41) is 3.19. The van der Waals surface area contributed by atoms with E-state index in [1.807, 2.05) is 0 Å². The lowest BCUT2D eigenvalue weighted by Crippen LogP contribution is -2.28. The van der Waals surface area contributed by atoms with Crippen molar-refractivity contribution in [2.45, 2.75) is 59.0 Å². The smallest absolute Gasteiger partial charge is 0.233 e. The number of anilines is 1. The van der Waals surface area contributed by atoms with Gasteiger partial charge in [-0.25, -0.2) is 4.98 Å². The summed E-state index contributed by atoms with van der Waals surface area (Å²) < 4.78 is 6.89. The number of nitrogens with one attached hydrogen (secondary N) is 1. The first-order valence-corrected chi connectivity index (χ1v) is 8.22. The zero-order chi connectivity index (χ0) is 14.6. The van der Waals surface area contributed by atoms with Crippen molar-refractivity contribution in [3.8, 4) is 5.88 Å². The lowest BCUT2D eigenvalue weighted by atomic mass is 9.76. The van der Waals surface area contributed by atoms with Crippen molar-refractivity contribution in [3.63, 3.8) is 0 Å². The average Bonchev–Trinajstić information content (AvgIpc) is 2.42. The average molecular weight is 342 g/mol. The fourth-order valence-corrected chi connectivity index (χ4v) is 2.69. The molecular formula is C15H24BrN3O. The fourth-order valence-electron chi connectivity index (χ4n) is 2.40. The van der Waals surface area contributed by atoms with Crippen molar-refractivity contribution in [2.75, 3.05) is 11.9 Å². The van der Waals surface area contributed by atoms with Gasteiger partial charge in [-0.1, -0.05) is 20.8 Å². The Morgan fingerprint density at radius 1 is 1.40 bits per heavy atom. The molecule has 1 aliphatic carbocycles. The van der Waals surface area contributed by atoms with E-state index in [1.165, 1.54) is 12.8 Å². The SMILES string of the molecule is CCCNc1ncc(Br)c(OC2CCC(C)(C)CC2)n1. The highest BCUT2D eigenvalue weighted by Gasteiger charge is 2.28. The minimum absolute atomic E-state index is 0.272. The van der Waals surface area contributed by atoms with Gasteiger partial charge in [0.25, 0.3) is 0 Å². The van der Waals surface area contributed by atoms with Gasteiger partial charge in [-0.05, 0) is 53.4 Å². The number of rotatable bonds is 5. The van der Waals surface area contributed by atoms with Gasteiger partial charge in [0.05, 0.1) is 10.7 Å². The van der Waals surface area contributed by atoms with Gasteiger partial charge in [-0.15, -0.1) is 0 Å². The second-order valence-corrected chi connectivity index (χ2v) is 7.11. The first-order chi connectivity index (χ1) is 9.50. The van der Waals surface area contributed by atoms with Gasteiger partial charge in [0.15, 0.2) is 0 Å². The van der Waals surface area contributed by atoms with E-state index in [9.17, 15) is 0 Å². The third kappa shape index (κ3) is 4.33. The third-order valence-corrected chi connectivity index (χ3v) is 4.35. The molecule has 1 heterocycles. The van der Waals surface area contributed by atoms with E-state index in [-0.39, 0.29) is 6.10 Å². The molecule has 5 heteroatoms. The van der Waals surface area contributed by atoms with E-state index in [4.69, 9.17) is 4.74 Å². The van der Waals surface area contributed by atoms with Crippen LogP contribution in [-0.4, -0.2) is 22.6 Å². The highest BCUT2D eigenvalue weighted by molar-refractivity contribution is 9.10. The predicted octanol–water partition coefficient (Wildman–Crippen LogP) is 4.41. The highest BCUT2D eigenvalue weighted by Crippen LogP contribution is 2.37. The van der Waals surface area contributed by atoms with Crippen LogP contribution in [0.3, 0.4) is 0 Å². The van der Waals surface area contributed by atoms with Gasteiger partial charge in [-0.3, -0.25) is 0 Å². The van der Waals surface area contributed by atoms with Crippen molar-refractivity contribution < 1.29 is 4.74 Å². The highest BCUT2D eigenvalue weighted by atomic mass is 79.9. The Balaban J connectivity index is 1.98. The standard InChI is InChI=1S/C15H24BrN3O/c1-4-9-17-14-18-10-12(16)13(19-14)20-11-5-7-15(2,3)8-6-11/h10-11H,4-9H2,1-3H3,(H,17,18,19). The maximum atomic E-state index is 6.06. The van der Waals surface area contributed by atoms with Gasteiger partial charge in [0, 0.05) is 6.54 Å². The Bertz CT molecular complexity index is 441. The summed E-state index contributed by atoms with van der Waals surface area (Å²) in [6, 6.07) is 0. The molecule has 0 saturated heterocycles. The van der Waals surface area contributed by atoms with Crippen molar-refractivity contribution in [2.24, 2.45) is 5.41 Å². The summed E-state index contributed by atoms with van der Waals surface area (Å²) in [6.45, 7) is 7.65. The van der Waals surface area contributed by atoms with Crippen LogP contribution in [0.1, 0.15) is 52.9 Å². The summed E-state index contributed by atoms with van der Waals surface area (Å²) in [5.74, 6) is 1.30. The summed E-state index contributed by atoms with van der Waals surface area (Å²) in [6.07, 6.45) is 7.69. The fraction of sp³-hybridized carbons (Fsp3) is 0.733.